The first-order valence-corrected chi connectivity index (χ1v) is 11.3. The molecule has 1 saturated heterocycles. The minimum absolute atomic E-state index is 0.00719. The van der Waals surface area contributed by atoms with Crippen LogP contribution in [0.25, 0.3) is 0 Å². The zero-order chi connectivity index (χ0) is 20.2. The summed E-state index contributed by atoms with van der Waals surface area (Å²) in [5.74, 6) is -0.00719. The second-order valence-electron chi connectivity index (χ2n) is 8.12. The summed E-state index contributed by atoms with van der Waals surface area (Å²) in [5.41, 5.74) is 4.51. The van der Waals surface area contributed by atoms with Crippen LogP contribution in [0, 0.1) is 18.3 Å². The molecule has 1 fully saturated rings. The van der Waals surface area contributed by atoms with Crippen LogP contribution in [0.15, 0.2) is 24.3 Å². The van der Waals surface area contributed by atoms with Crippen molar-refractivity contribution in [3.05, 3.63) is 51.4 Å². The Morgan fingerprint density at radius 2 is 1.93 bits per heavy atom. The Morgan fingerprint density at radius 3 is 2.69 bits per heavy atom. The molecule has 1 aromatic carbocycles. The van der Waals surface area contributed by atoms with Gasteiger partial charge in [-0.25, -0.2) is 0 Å². The summed E-state index contributed by atoms with van der Waals surface area (Å²) in [4.78, 5) is 18.5. The van der Waals surface area contributed by atoms with E-state index in [2.05, 4.69) is 52.4 Å². The minimum Gasteiger partial charge on any atom is -0.315 e. The molecule has 2 aliphatic rings. The molecular weight excluding hydrogens is 380 g/mol. The van der Waals surface area contributed by atoms with Crippen molar-refractivity contribution in [3.63, 3.8) is 0 Å². The number of nitrogens with zero attached hydrogens (tertiary/aromatic N) is 3. The largest absolute Gasteiger partial charge is 0.315 e. The fourth-order valence-corrected chi connectivity index (χ4v) is 5.57. The number of carbonyl (C=O) groups excluding carboxylic acids is 1. The number of aryl methyl sites for hydroxylation is 2. The van der Waals surface area contributed by atoms with Gasteiger partial charge < -0.3 is 5.32 Å². The van der Waals surface area contributed by atoms with Gasteiger partial charge in [-0.3, -0.25) is 14.6 Å². The Balaban J connectivity index is 1.28. The molecule has 0 saturated carbocycles. The fraction of sp³-hybridized carbons (Fsp3) is 0.478. The third kappa shape index (κ3) is 4.87. The molecule has 0 radical (unpaired) electrons. The summed E-state index contributed by atoms with van der Waals surface area (Å²) in [7, 11) is 0. The number of fused-ring (bicyclic) bond motifs is 1. The molecule has 0 atom stereocenters. The van der Waals surface area contributed by atoms with E-state index in [1.807, 2.05) is 0 Å². The fourth-order valence-electron chi connectivity index (χ4n) is 4.32. The van der Waals surface area contributed by atoms with Crippen molar-refractivity contribution in [2.24, 2.45) is 0 Å². The predicted molar refractivity (Wildman–Crippen MR) is 117 cm³/mol. The van der Waals surface area contributed by atoms with Crippen LogP contribution in [0.1, 0.15) is 40.0 Å². The number of rotatable bonds is 5. The maximum absolute atomic E-state index is 12.6. The number of piperazine rings is 1. The topological polar surface area (TPSA) is 59.4 Å². The van der Waals surface area contributed by atoms with E-state index in [4.69, 9.17) is 0 Å². The van der Waals surface area contributed by atoms with E-state index in [0.717, 1.165) is 57.0 Å². The highest BCUT2D eigenvalue weighted by atomic mass is 32.1. The molecule has 1 N–H and O–H groups in total. The number of nitrogens with one attached hydrogen (secondary N) is 1. The van der Waals surface area contributed by atoms with Crippen LogP contribution >= 0.6 is 11.3 Å². The van der Waals surface area contributed by atoms with Gasteiger partial charge in [-0.05, 0) is 43.7 Å². The van der Waals surface area contributed by atoms with Gasteiger partial charge >= 0.3 is 0 Å². The van der Waals surface area contributed by atoms with Crippen LogP contribution in [-0.4, -0.2) is 48.4 Å². The van der Waals surface area contributed by atoms with Gasteiger partial charge in [0.15, 0.2) is 0 Å². The van der Waals surface area contributed by atoms with Crippen molar-refractivity contribution in [1.29, 1.82) is 5.26 Å². The van der Waals surface area contributed by atoms with Gasteiger partial charge in [0.1, 0.15) is 11.1 Å². The Bertz CT molecular complexity index is 921. The number of carbonyl (C=O) groups is 1. The first-order valence-electron chi connectivity index (χ1n) is 10.5. The summed E-state index contributed by atoms with van der Waals surface area (Å²) in [5, 5.41) is 13.3. The van der Waals surface area contributed by atoms with Gasteiger partial charge in [0.2, 0.25) is 5.91 Å². The van der Waals surface area contributed by atoms with Gasteiger partial charge in [0, 0.05) is 37.6 Å². The van der Waals surface area contributed by atoms with Gasteiger partial charge in [0.25, 0.3) is 0 Å². The monoisotopic (exact) mass is 408 g/mol. The first-order chi connectivity index (χ1) is 14.1. The lowest BCUT2D eigenvalue weighted by Gasteiger charge is -2.34. The number of nitriles is 1. The molecule has 0 bridgehead atoms. The summed E-state index contributed by atoms with van der Waals surface area (Å²) >= 11 is 1.60. The number of hydrogen-bond donors (Lipinski definition) is 1. The van der Waals surface area contributed by atoms with Gasteiger partial charge in [-0.2, -0.15) is 5.26 Å². The molecule has 4 rings (SSSR count). The maximum atomic E-state index is 12.6. The third-order valence-electron chi connectivity index (χ3n) is 5.86. The number of thiophene rings is 1. The highest BCUT2D eigenvalue weighted by Gasteiger charge is 2.23. The number of hydrogen-bond acceptors (Lipinski definition) is 5. The standard InChI is InChI=1S/C23H28N4OS/c1-17-5-4-6-18(13-17)15-26-9-11-27(12-10-26)16-22(28)25-23-20(14-24)19-7-2-3-8-21(19)29-23/h4-6,13H,2-3,7-12,15-16H2,1H3,(H,25,28). The van der Waals surface area contributed by atoms with Crippen molar-refractivity contribution in [2.75, 3.05) is 38.0 Å². The zero-order valence-electron chi connectivity index (χ0n) is 17.0. The zero-order valence-corrected chi connectivity index (χ0v) is 17.9. The lowest BCUT2D eigenvalue weighted by Crippen LogP contribution is -2.48. The van der Waals surface area contributed by atoms with Crippen molar-refractivity contribution in [2.45, 2.75) is 39.2 Å². The van der Waals surface area contributed by atoms with Gasteiger partial charge in [-0.1, -0.05) is 29.8 Å². The van der Waals surface area contributed by atoms with Gasteiger partial charge in [0.05, 0.1) is 12.1 Å². The molecule has 1 aliphatic heterocycles. The highest BCUT2D eigenvalue weighted by molar-refractivity contribution is 7.16. The van der Waals surface area contributed by atoms with Crippen LogP contribution in [0.5, 0.6) is 0 Å². The average molecular weight is 409 g/mol. The third-order valence-corrected chi connectivity index (χ3v) is 7.06. The van der Waals surface area contributed by atoms with E-state index >= 15 is 0 Å². The van der Waals surface area contributed by atoms with Crippen molar-refractivity contribution >= 4 is 22.2 Å². The first kappa shape index (κ1) is 20.1. The lowest BCUT2D eigenvalue weighted by molar-refractivity contribution is -0.117. The molecule has 1 aromatic heterocycles. The Kier molecular flexibility index (Phi) is 6.29. The molecule has 2 heterocycles. The summed E-state index contributed by atoms with van der Waals surface area (Å²) in [6.07, 6.45) is 4.32. The molecule has 0 spiro atoms. The van der Waals surface area contributed by atoms with E-state index in [9.17, 15) is 10.1 Å². The van der Waals surface area contributed by atoms with E-state index in [1.54, 1.807) is 11.3 Å². The molecule has 29 heavy (non-hydrogen) atoms. The number of amides is 1. The second-order valence-corrected chi connectivity index (χ2v) is 9.22. The van der Waals surface area contributed by atoms with Crippen molar-refractivity contribution in [1.82, 2.24) is 9.80 Å². The molecule has 1 amide bonds. The van der Waals surface area contributed by atoms with Crippen molar-refractivity contribution in [3.8, 4) is 6.07 Å². The number of benzene rings is 1. The van der Waals surface area contributed by atoms with E-state index in [1.165, 1.54) is 28.0 Å². The smallest absolute Gasteiger partial charge is 0.239 e. The molecule has 6 heteroatoms. The normalized spacial score (nSPS) is 17.5. The summed E-state index contributed by atoms with van der Waals surface area (Å²) < 4.78 is 0. The maximum Gasteiger partial charge on any atom is 0.239 e. The molecule has 2 aromatic rings. The highest BCUT2D eigenvalue weighted by Crippen LogP contribution is 2.37. The second kappa shape index (κ2) is 9.08. The molecule has 5 nitrogen and oxygen atoms in total. The Hall–Kier alpha value is -2.20. The quantitative estimate of drug-likeness (QED) is 0.822. The molecule has 1 aliphatic carbocycles. The number of anilines is 1. The predicted octanol–water partition coefficient (Wildman–Crippen LogP) is 3.56. The van der Waals surface area contributed by atoms with Crippen LogP contribution in [0.2, 0.25) is 0 Å². The van der Waals surface area contributed by atoms with Crippen molar-refractivity contribution < 1.29 is 4.79 Å². The summed E-state index contributed by atoms with van der Waals surface area (Å²) in [6, 6.07) is 11.0. The van der Waals surface area contributed by atoms with Crippen LogP contribution < -0.4 is 5.32 Å². The van der Waals surface area contributed by atoms with Crippen LogP contribution in [0.3, 0.4) is 0 Å². The van der Waals surface area contributed by atoms with E-state index in [0.29, 0.717) is 12.1 Å². The van der Waals surface area contributed by atoms with E-state index in [-0.39, 0.29) is 5.91 Å². The minimum atomic E-state index is -0.00719. The molecule has 0 unspecified atom stereocenters. The SMILES string of the molecule is Cc1cccc(CN2CCN(CC(=O)Nc3sc4c(c3C#N)CCCC4)CC2)c1. The lowest BCUT2D eigenvalue weighted by atomic mass is 9.96. The Morgan fingerprint density at radius 1 is 1.17 bits per heavy atom. The van der Waals surface area contributed by atoms with Gasteiger partial charge in [-0.15, -0.1) is 11.3 Å². The van der Waals surface area contributed by atoms with Crippen LogP contribution in [-0.2, 0) is 24.2 Å². The van der Waals surface area contributed by atoms with E-state index < -0.39 is 0 Å². The molecular formula is C23H28N4OS. The average Bonchev–Trinajstić information content (AvgIpc) is 3.06. The Labute approximate surface area is 176 Å². The summed E-state index contributed by atoms with van der Waals surface area (Å²) in [6.45, 7) is 7.22. The molecule has 152 valence electrons. The van der Waals surface area contributed by atoms with Crippen LogP contribution in [0.4, 0.5) is 5.00 Å².